The van der Waals surface area contributed by atoms with Crippen molar-refractivity contribution in [1.29, 1.82) is 5.26 Å². The monoisotopic (exact) mass is 484 g/mol. The number of likely N-dealkylation sites (tertiary alicyclic amines) is 1. The predicted molar refractivity (Wildman–Crippen MR) is 124 cm³/mol. The minimum atomic E-state index is -4.66. The van der Waals surface area contributed by atoms with Crippen molar-refractivity contribution in [2.24, 2.45) is 17.1 Å². The lowest BCUT2D eigenvalue weighted by atomic mass is 9.70. The number of nitrogens with zero attached hydrogens (tertiary/aromatic N) is 3. The van der Waals surface area contributed by atoms with Crippen LogP contribution in [-0.2, 0) is 22.2 Å². The van der Waals surface area contributed by atoms with Crippen LogP contribution in [0.1, 0.15) is 35.1 Å². The first-order valence-electron chi connectivity index (χ1n) is 11.5. The minimum Gasteiger partial charge on any atom is -0.370 e. The molecule has 0 aliphatic carbocycles. The van der Waals surface area contributed by atoms with Crippen LogP contribution in [0.3, 0.4) is 0 Å². The van der Waals surface area contributed by atoms with Gasteiger partial charge in [0.25, 0.3) is 0 Å². The topological polar surface area (TPSA) is 90.4 Å². The van der Waals surface area contributed by atoms with Gasteiger partial charge in [-0.25, -0.2) is 0 Å². The Morgan fingerprint density at radius 2 is 1.80 bits per heavy atom. The molecule has 1 atom stereocenters. The summed E-state index contributed by atoms with van der Waals surface area (Å²) in [6.45, 7) is 3.48. The number of carbonyl (C=O) groups is 2. The van der Waals surface area contributed by atoms with Crippen molar-refractivity contribution in [3.8, 4) is 6.07 Å². The largest absolute Gasteiger partial charge is 0.417 e. The van der Waals surface area contributed by atoms with Gasteiger partial charge >= 0.3 is 6.18 Å². The zero-order chi connectivity index (χ0) is 25.4. The number of halogens is 3. The molecule has 6 nitrogen and oxygen atoms in total. The Bertz CT molecular complexity index is 1160. The van der Waals surface area contributed by atoms with Gasteiger partial charge in [-0.1, -0.05) is 29.8 Å². The van der Waals surface area contributed by atoms with Crippen molar-refractivity contribution in [3.05, 3.63) is 64.7 Å². The van der Waals surface area contributed by atoms with Gasteiger partial charge in [0.05, 0.1) is 29.5 Å². The van der Waals surface area contributed by atoms with Crippen LogP contribution in [0.25, 0.3) is 0 Å². The molecule has 2 saturated heterocycles. The summed E-state index contributed by atoms with van der Waals surface area (Å²) in [7, 11) is 0. The van der Waals surface area contributed by atoms with Gasteiger partial charge in [0.1, 0.15) is 0 Å². The van der Waals surface area contributed by atoms with Gasteiger partial charge in [0.15, 0.2) is 0 Å². The van der Waals surface area contributed by atoms with Gasteiger partial charge in [0.2, 0.25) is 11.8 Å². The number of piperidine rings is 1. The first-order valence-corrected chi connectivity index (χ1v) is 11.5. The molecule has 0 saturated carbocycles. The number of nitriles is 1. The number of benzene rings is 2. The Morgan fingerprint density at radius 3 is 2.37 bits per heavy atom. The number of amides is 2. The van der Waals surface area contributed by atoms with E-state index >= 15 is 0 Å². The first-order chi connectivity index (χ1) is 16.5. The molecule has 4 rings (SSSR count). The minimum absolute atomic E-state index is 0.0103. The van der Waals surface area contributed by atoms with E-state index in [1.54, 1.807) is 15.9 Å². The van der Waals surface area contributed by atoms with Crippen molar-refractivity contribution < 1.29 is 22.8 Å². The van der Waals surface area contributed by atoms with E-state index in [1.165, 1.54) is 6.07 Å². The maximum absolute atomic E-state index is 13.5. The number of carbonyl (C=O) groups excluding carboxylic acids is 2. The van der Waals surface area contributed by atoms with E-state index in [-0.39, 0.29) is 12.5 Å². The van der Waals surface area contributed by atoms with E-state index in [1.807, 2.05) is 31.2 Å². The maximum atomic E-state index is 13.5. The lowest BCUT2D eigenvalue weighted by Gasteiger charge is -2.41. The highest BCUT2D eigenvalue weighted by Crippen LogP contribution is 2.46. The summed E-state index contributed by atoms with van der Waals surface area (Å²) >= 11 is 0. The molecule has 2 aromatic carbocycles. The van der Waals surface area contributed by atoms with E-state index in [0.717, 1.165) is 23.3 Å². The Kier molecular flexibility index (Phi) is 6.50. The summed E-state index contributed by atoms with van der Waals surface area (Å²) in [5, 5.41) is 9.07. The molecule has 184 valence electrons. The van der Waals surface area contributed by atoms with E-state index < -0.39 is 34.5 Å². The van der Waals surface area contributed by atoms with Crippen molar-refractivity contribution in [1.82, 2.24) is 4.90 Å². The number of alkyl halides is 3. The van der Waals surface area contributed by atoms with Gasteiger partial charge in [-0.2, -0.15) is 18.4 Å². The highest BCUT2D eigenvalue weighted by molar-refractivity contribution is 5.81. The number of nitrogens with two attached hydrogens (primary N) is 1. The zero-order valence-electron chi connectivity index (χ0n) is 19.4. The molecule has 0 bridgehead atoms. The smallest absolute Gasteiger partial charge is 0.370 e. The average Bonchev–Trinajstić information content (AvgIpc) is 3.19. The van der Waals surface area contributed by atoms with Crippen LogP contribution >= 0.6 is 0 Å². The molecule has 2 heterocycles. The summed E-state index contributed by atoms with van der Waals surface area (Å²) in [5.41, 5.74) is 6.13. The highest BCUT2D eigenvalue weighted by atomic mass is 19.4. The zero-order valence-corrected chi connectivity index (χ0v) is 19.4. The molecule has 2 N–H and O–H groups in total. The van der Waals surface area contributed by atoms with Gasteiger partial charge < -0.3 is 15.5 Å². The lowest BCUT2D eigenvalue weighted by Crippen LogP contribution is -2.49. The third-order valence-corrected chi connectivity index (χ3v) is 7.37. The summed E-state index contributed by atoms with van der Waals surface area (Å²) in [5.74, 6) is -1.02. The van der Waals surface area contributed by atoms with Crippen molar-refractivity contribution in [2.45, 2.75) is 32.4 Å². The molecule has 1 spiro atoms. The van der Waals surface area contributed by atoms with E-state index in [9.17, 15) is 22.8 Å². The van der Waals surface area contributed by atoms with E-state index in [4.69, 9.17) is 11.0 Å². The standard InChI is InChI=1S/C26H27F3N4O2/c1-17-2-4-18(5-3-17)12-23(34)32-10-8-25(9-11-32)16-33(15-22(25)24(31)35)20-7-6-19(14-30)21(13-20)26(27,28)29/h2-7,13,22H,8-12,15-16H2,1H3,(H2,31,35). The fraction of sp³-hybridized carbons (Fsp3) is 0.423. The Labute approximate surface area is 202 Å². The molecule has 2 fully saturated rings. The third-order valence-electron chi connectivity index (χ3n) is 7.37. The van der Waals surface area contributed by atoms with Crippen molar-refractivity contribution in [2.75, 3.05) is 31.1 Å². The number of hydrogen-bond acceptors (Lipinski definition) is 4. The number of rotatable bonds is 4. The number of anilines is 1. The van der Waals surface area contributed by atoms with E-state index in [2.05, 4.69) is 0 Å². The summed E-state index contributed by atoms with van der Waals surface area (Å²) in [6, 6.07) is 13.0. The van der Waals surface area contributed by atoms with Crippen LogP contribution in [0, 0.1) is 29.6 Å². The van der Waals surface area contributed by atoms with Crippen molar-refractivity contribution >= 4 is 17.5 Å². The van der Waals surface area contributed by atoms with Crippen LogP contribution in [0.4, 0.5) is 18.9 Å². The van der Waals surface area contributed by atoms with Gasteiger partial charge in [-0.15, -0.1) is 0 Å². The first kappa shape index (κ1) is 24.6. The normalized spacial score (nSPS) is 19.6. The second kappa shape index (κ2) is 9.25. The number of aryl methyl sites for hydroxylation is 1. The van der Waals surface area contributed by atoms with Crippen LogP contribution in [-0.4, -0.2) is 42.9 Å². The molecule has 0 radical (unpaired) electrons. The molecule has 2 amide bonds. The van der Waals surface area contributed by atoms with Gasteiger partial charge in [-0.05, 0) is 43.5 Å². The molecule has 2 aromatic rings. The van der Waals surface area contributed by atoms with Crippen LogP contribution < -0.4 is 10.6 Å². The Hall–Kier alpha value is -3.54. The average molecular weight is 485 g/mol. The van der Waals surface area contributed by atoms with Gasteiger partial charge in [0, 0.05) is 37.3 Å². The second-order valence-electron chi connectivity index (χ2n) is 9.58. The number of hydrogen-bond donors (Lipinski definition) is 1. The molecule has 1 unspecified atom stereocenters. The molecular weight excluding hydrogens is 457 g/mol. The predicted octanol–water partition coefficient (Wildman–Crippen LogP) is 3.66. The number of primary amides is 1. The summed E-state index contributed by atoms with van der Waals surface area (Å²) in [6.07, 6.45) is -3.28. The molecule has 2 aliphatic rings. The van der Waals surface area contributed by atoms with Crippen molar-refractivity contribution in [3.63, 3.8) is 0 Å². The maximum Gasteiger partial charge on any atom is 0.417 e. The van der Waals surface area contributed by atoms with Crippen LogP contribution in [0.15, 0.2) is 42.5 Å². The quantitative estimate of drug-likeness (QED) is 0.717. The van der Waals surface area contributed by atoms with E-state index in [0.29, 0.717) is 44.6 Å². The molecule has 0 aromatic heterocycles. The summed E-state index contributed by atoms with van der Waals surface area (Å²) < 4.78 is 40.4. The summed E-state index contributed by atoms with van der Waals surface area (Å²) in [4.78, 5) is 28.7. The second-order valence-corrected chi connectivity index (χ2v) is 9.58. The third kappa shape index (κ3) is 4.97. The molecule has 9 heteroatoms. The lowest BCUT2D eigenvalue weighted by molar-refractivity contribution is -0.138. The molecular formula is C26H27F3N4O2. The Morgan fingerprint density at radius 1 is 1.14 bits per heavy atom. The SMILES string of the molecule is Cc1ccc(CC(=O)N2CCC3(CC2)CN(c2ccc(C#N)c(C(F)(F)F)c2)CC3C(N)=O)cc1. The fourth-order valence-corrected chi connectivity index (χ4v) is 5.32. The molecule has 2 aliphatic heterocycles. The Balaban J connectivity index is 1.49. The molecule has 35 heavy (non-hydrogen) atoms. The van der Waals surface area contributed by atoms with Crippen LogP contribution in [0.2, 0.25) is 0 Å². The highest BCUT2D eigenvalue weighted by Gasteiger charge is 2.51. The fourth-order valence-electron chi connectivity index (χ4n) is 5.32. The van der Waals surface area contributed by atoms with Gasteiger partial charge in [-0.3, -0.25) is 9.59 Å². The van der Waals surface area contributed by atoms with Crippen LogP contribution in [0.5, 0.6) is 0 Å².